The van der Waals surface area contributed by atoms with Crippen molar-refractivity contribution >= 4 is 32.7 Å². The van der Waals surface area contributed by atoms with E-state index in [4.69, 9.17) is 0 Å². The molecule has 7 heteroatoms. The van der Waals surface area contributed by atoms with Gasteiger partial charge in [-0.15, -0.1) is 0 Å². The first-order chi connectivity index (χ1) is 14.5. The monoisotopic (exact) mass is 468 g/mol. The molecule has 0 radical (unpaired) electrons. The summed E-state index contributed by atoms with van der Waals surface area (Å²) >= 11 is 3.44. The first-order valence-corrected chi connectivity index (χ1v) is 10.9. The molecule has 3 aromatic rings. The smallest absolute Gasteiger partial charge is 0.252 e. The Kier molecular flexibility index (Phi) is 6.32. The number of amides is 1. The lowest BCUT2D eigenvalue weighted by Crippen LogP contribution is -2.49. The standard InChI is InChI=1S/C23H25BrN4O2/c1-27-11-12-28(21(15-27)16-5-3-2-4-6-16)10-9-25-23(30)19-14-22(29)26-20-8-7-17(24)13-18(19)20/h2-8,13-14,21H,9-12,15H2,1H3,(H,25,30)(H,26,29). The fourth-order valence-electron chi connectivity index (χ4n) is 4.04. The van der Waals surface area contributed by atoms with E-state index in [1.165, 1.54) is 11.6 Å². The Labute approximate surface area is 184 Å². The van der Waals surface area contributed by atoms with Gasteiger partial charge in [0.05, 0.1) is 5.56 Å². The number of carbonyl (C=O) groups excluding carboxylic acids is 1. The highest BCUT2D eigenvalue weighted by molar-refractivity contribution is 9.10. The molecule has 1 amide bonds. The van der Waals surface area contributed by atoms with Crippen molar-refractivity contribution in [1.29, 1.82) is 0 Å². The van der Waals surface area contributed by atoms with Gasteiger partial charge in [0.15, 0.2) is 0 Å². The van der Waals surface area contributed by atoms with E-state index < -0.39 is 0 Å². The zero-order valence-corrected chi connectivity index (χ0v) is 18.5. The number of nitrogens with zero attached hydrogens (tertiary/aromatic N) is 2. The van der Waals surface area contributed by atoms with Crippen molar-refractivity contribution in [2.75, 3.05) is 39.8 Å². The highest BCUT2D eigenvalue weighted by Crippen LogP contribution is 2.24. The molecule has 1 aromatic heterocycles. The Morgan fingerprint density at radius 1 is 1.17 bits per heavy atom. The summed E-state index contributed by atoms with van der Waals surface area (Å²) in [5, 5.41) is 3.73. The third-order valence-electron chi connectivity index (χ3n) is 5.61. The molecule has 0 spiro atoms. The Morgan fingerprint density at radius 2 is 1.97 bits per heavy atom. The summed E-state index contributed by atoms with van der Waals surface area (Å²) in [4.78, 5) is 32.4. The van der Waals surface area contributed by atoms with Crippen LogP contribution in [0.5, 0.6) is 0 Å². The summed E-state index contributed by atoms with van der Waals surface area (Å²) < 4.78 is 0.860. The second-order valence-corrected chi connectivity index (χ2v) is 8.63. The number of piperazine rings is 1. The van der Waals surface area contributed by atoms with Gasteiger partial charge in [-0.3, -0.25) is 14.5 Å². The Morgan fingerprint density at radius 3 is 2.77 bits per heavy atom. The van der Waals surface area contributed by atoms with Crippen LogP contribution in [0.15, 0.2) is 63.9 Å². The molecule has 0 saturated carbocycles. The number of aromatic amines is 1. The molecule has 1 aliphatic rings. The lowest BCUT2D eigenvalue weighted by molar-refractivity contribution is 0.0843. The van der Waals surface area contributed by atoms with Crippen LogP contribution >= 0.6 is 15.9 Å². The van der Waals surface area contributed by atoms with Gasteiger partial charge in [-0.2, -0.15) is 0 Å². The summed E-state index contributed by atoms with van der Waals surface area (Å²) in [5.41, 5.74) is 2.06. The van der Waals surface area contributed by atoms with E-state index in [1.54, 1.807) is 6.07 Å². The minimum atomic E-state index is -0.279. The van der Waals surface area contributed by atoms with Crippen LogP contribution in [0.25, 0.3) is 10.9 Å². The molecule has 1 aliphatic heterocycles. The van der Waals surface area contributed by atoms with Crippen molar-refractivity contribution in [3.63, 3.8) is 0 Å². The van der Waals surface area contributed by atoms with E-state index in [2.05, 4.69) is 67.3 Å². The number of fused-ring (bicyclic) bond motifs is 1. The van der Waals surface area contributed by atoms with Gasteiger partial charge in [0, 0.05) is 60.2 Å². The molecule has 2 heterocycles. The van der Waals surface area contributed by atoms with Crippen molar-refractivity contribution in [2.45, 2.75) is 6.04 Å². The molecule has 1 atom stereocenters. The van der Waals surface area contributed by atoms with Crippen molar-refractivity contribution < 1.29 is 4.79 Å². The molecule has 2 aromatic carbocycles. The molecule has 156 valence electrons. The molecule has 6 nitrogen and oxygen atoms in total. The lowest BCUT2D eigenvalue weighted by atomic mass is 10.0. The number of rotatable bonds is 5. The Bertz CT molecular complexity index is 1100. The van der Waals surface area contributed by atoms with Crippen LogP contribution in [0.1, 0.15) is 22.0 Å². The van der Waals surface area contributed by atoms with E-state index in [9.17, 15) is 9.59 Å². The normalized spacial score (nSPS) is 17.9. The van der Waals surface area contributed by atoms with E-state index in [1.807, 2.05) is 18.2 Å². The first-order valence-electron chi connectivity index (χ1n) is 10.1. The third kappa shape index (κ3) is 4.64. The summed E-state index contributed by atoms with van der Waals surface area (Å²) in [6, 6.07) is 17.7. The number of carbonyl (C=O) groups is 1. The quantitative estimate of drug-likeness (QED) is 0.603. The van der Waals surface area contributed by atoms with Crippen LogP contribution in [-0.2, 0) is 0 Å². The van der Waals surface area contributed by atoms with Crippen molar-refractivity contribution in [3.8, 4) is 0 Å². The van der Waals surface area contributed by atoms with Gasteiger partial charge >= 0.3 is 0 Å². The number of hydrogen-bond donors (Lipinski definition) is 2. The maximum Gasteiger partial charge on any atom is 0.252 e. The van der Waals surface area contributed by atoms with Gasteiger partial charge in [0.2, 0.25) is 5.56 Å². The Hall–Kier alpha value is -2.48. The molecule has 2 N–H and O–H groups in total. The molecule has 1 saturated heterocycles. The van der Waals surface area contributed by atoms with Gasteiger partial charge in [-0.25, -0.2) is 0 Å². The van der Waals surface area contributed by atoms with Gasteiger partial charge in [0.25, 0.3) is 5.91 Å². The van der Waals surface area contributed by atoms with E-state index >= 15 is 0 Å². The fraction of sp³-hybridized carbons (Fsp3) is 0.304. The molecule has 0 bridgehead atoms. The number of benzene rings is 2. The van der Waals surface area contributed by atoms with Crippen LogP contribution in [0.3, 0.4) is 0 Å². The first kappa shape index (κ1) is 20.8. The van der Waals surface area contributed by atoms with Crippen molar-refractivity contribution in [1.82, 2.24) is 20.1 Å². The van der Waals surface area contributed by atoms with E-state index in [0.29, 0.717) is 23.7 Å². The minimum Gasteiger partial charge on any atom is -0.351 e. The SMILES string of the molecule is CN1CCN(CCNC(=O)c2cc(=O)[nH]c3ccc(Br)cc23)C(c2ccccc2)C1. The summed E-state index contributed by atoms with van der Waals surface area (Å²) in [6.07, 6.45) is 0. The number of H-pyrrole nitrogens is 1. The predicted molar refractivity (Wildman–Crippen MR) is 123 cm³/mol. The zero-order valence-electron chi connectivity index (χ0n) is 16.9. The second kappa shape index (κ2) is 9.12. The molecule has 1 fully saturated rings. The molecule has 30 heavy (non-hydrogen) atoms. The zero-order chi connectivity index (χ0) is 21.1. The lowest BCUT2D eigenvalue weighted by Gasteiger charge is -2.40. The third-order valence-corrected chi connectivity index (χ3v) is 6.11. The number of likely N-dealkylation sites (N-methyl/N-ethyl adjacent to an activating group) is 1. The number of nitrogens with one attached hydrogen (secondary N) is 2. The van der Waals surface area contributed by atoms with Crippen LogP contribution in [0.2, 0.25) is 0 Å². The summed E-state index contributed by atoms with van der Waals surface area (Å²) in [6.45, 7) is 4.19. The minimum absolute atomic E-state index is 0.227. The van der Waals surface area contributed by atoms with Crippen molar-refractivity contribution in [3.05, 3.63) is 80.6 Å². The summed E-state index contributed by atoms with van der Waals surface area (Å²) in [5.74, 6) is -0.227. The topological polar surface area (TPSA) is 68.4 Å². The van der Waals surface area contributed by atoms with Crippen LogP contribution < -0.4 is 10.9 Å². The van der Waals surface area contributed by atoms with Crippen LogP contribution in [-0.4, -0.2) is 60.5 Å². The number of aromatic nitrogens is 1. The van der Waals surface area contributed by atoms with Gasteiger partial charge < -0.3 is 15.2 Å². The number of hydrogen-bond acceptors (Lipinski definition) is 4. The van der Waals surface area contributed by atoms with Crippen LogP contribution in [0.4, 0.5) is 0 Å². The average molecular weight is 469 g/mol. The maximum atomic E-state index is 12.9. The molecular formula is C23H25BrN4O2. The van der Waals surface area contributed by atoms with Gasteiger partial charge in [0.1, 0.15) is 0 Å². The highest BCUT2D eigenvalue weighted by Gasteiger charge is 2.26. The molecular weight excluding hydrogens is 444 g/mol. The van der Waals surface area contributed by atoms with Crippen molar-refractivity contribution in [2.24, 2.45) is 0 Å². The second-order valence-electron chi connectivity index (χ2n) is 7.72. The number of halogens is 1. The maximum absolute atomic E-state index is 12.9. The molecule has 0 aliphatic carbocycles. The largest absolute Gasteiger partial charge is 0.351 e. The highest BCUT2D eigenvalue weighted by atomic mass is 79.9. The Balaban J connectivity index is 1.46. The van der Waals surface area contributed by atoms with Crippen LogP contribution in [0, 0.1) is 0 Å². The molecule has 1 unspecified atom stereocenters. The number of pyridine rings is 1. The van der Waals surface area contributed by atoms with Gasteiger partial charge in [-0.05, 0) is 30.8 Å². The summed E-state index contributed by atoms with van der Waals surface area (Å²) in [7, 11) is 2.14. The van der Waals surface area contributed by atoms with E-state index in [0.717, 1.165) is 36.0 Å². The molecule has 4 rings (SSSR count). The fourth-order valence-corrected chi connectivity index (χ4v) is 4.40. The van der Waals surface area contributed by atoms with E-state index in [-0.39, 0.29) is 11.5 Å². The predicted octanol–water partition coefficient (Wildman–Crippen LogP) is 3.01. The van der Waals surface area contributed by atoms with Gasteiger partial charge in [-0.1, -0.05) is 46.3 Å². The average Bonchev–Trinajstić information content (AvgIpc) is 2.75.